The number of aromatic nitrogens is 2. The molecular weight excluding hydrogens is 420 g/mol. The highest BCUT2D eigenvalue weighted by molar-refractivity contribution is 6.07. The summed E-state index contributed by atoms with van der Waals surface area (Å²) in [7, 11) is 0. The van der Waals surface area contributed by atoms with Crippen LogP contribution in [0.3, 0.4) is 0 Å². The van der Waals surface area contributed by atoms with Crippen molar-refractivity contribution in [3.63, 3.8) is 0 Å². The summed E-state index contributed by atoms with van der Waals surface area (Å²) < 4.78 is 12.5. The number of benzene rings is 2. The topological polar surface area (TPSA) is 76.9 Å². The predicted octanol–water partition coefficient (Wildman–Crippen LogP) is 3.15. The number of amides is 2. The van der Waals surface area contributed by atoms with Crippen molar-refractivity contribution < 1.29 is 19.1 Å². The van der Waals surface area contributed by atoms with E-state index in [2.05, 4.69) is 5.10 Å². The van der Waals surface area contributed by atoms with Gasteiger partial charge in [-0.05, 0) is 68.3 Å². The zero-order valence-corrected chi connectivity index (χ0v) is 18.8. The molecule has 0 N–H and O–H groups in total. The number of hydrogen-bond donors (Lipinski definition) is 0. The summed E-state index contributed by atoms with van der Waals surface area (Å²) in [6.07, 6.45) is 2.50. The minimum atomic E-state index is -0.0859. The molecule has 0 bridgehead atoms. The summed E-state index contributed by atoms with van der Waals surface area (Å²) in [6, 6.07) is 13.4. The molecule has 2 amide bonds. The Kier molecular flexibility index (Phi) is 5.60. The lowest BCUT2D eigenvalue weighted by atomic mass is 10.0. The molecule has 5 rings (SSSR count). The van der Waals surface area contributed by atoms with Gasteiger partial charge in [-0.25, -0.2) is 4.68 Å². The Morgan fingerprint density at radius 3 is 2.55 bits per heavy atom. The van der Waals surface area contributed by atoms with Gasteiger partial charge in [-0.15, -0.1) is 0 Å². The number of anilines is 2. The van der Waals surface area contributed by atoms with Crippen LogP contribution in [0.1, 0.15) is 28.5 Å². The van der Waals surface area contributed by atoms with E-state index in [1.165, 1.54) is 0 Å². The Bertz CT molecular complexity index is 1200. The standard InChI is InChI=1S/C25H26N4O4/c1-3-33-21-7-4-19(5-8-21)29-24-18(15-26-29)10-11-27(25(24)31)20-6-9-22(17(2)14-20)28-12-13-32-16-23(28)30/h4-9,14-15H,3,10-13,16H2,1-2H3. The van der Waals surface area contributed by atoms with Crippen molar-refractivity contribution in [2.45, 2.75) is 20.3 Å². The van der Waals surface area contributed by atoms with Crippen LogP contribution in [0.5, 0.6) is 5.75 Å². The summed E-state index contributed by atoms with van der Waals surface area (Å²) in [5, 5.41) is 4.50. The molecule has 0 spiro atoms. The second kappa shape index (κ2) is 8.71. The minimum Gasteiger partial charge on any atom is -0.494 e. The molecule has 170 valence electrons. The summed E-state index contributed by atoms with van der Waals surface area (Å²) in [5.74, 6) is 0.650. The third-order valence-electron chi connectivity index (χ3n) is 6.06. The lowest BCUT2D eigenvalue weighted by Gasteiger charge is -2.31. The quantitative estimate of drug-likeness (QED) is 0.602. The number of carbonyl (C=O) groups is 2. The first-order valence-corrected chi connectivity index (χ1v) is 11.2. The zero-order chi connectivity index (χ0) is 22.9. The average Bonchev–Trinajstić information content (AvgIpc) is 3.26. The monoisotopic (exact) mass is 446 g/mol. The lowest BCUT2D eigenvalue weighted by Crippen LogP contribution is -2.42. The van der Waals surface area contributed by atoms with Gasteiger partial charge in [-0.1, -0.05) is 0 Å². The summed E-state index contributed by atoms with van der Waals surface area (Å²) in [6.45, 7) is 6.24. The molecule has 0 saturated carbocycles. The van der Waals surface area contributed by atoms with E-state index in [-0.39, 0.29) is 18.4 Å². The van der Waals surface area contributed by atoms with Gasteiger partial charge in [0.2, 0.25) is 0 Å². The van der Waals surface area contributed by atoms with E-state index in [1.807, 2.05) is 56.3 Å². The van der Waals surface area contributed by atoms with Crippen molar-refractivity contribution in [1.29, 1.82) is 0 Å². The number of rotatable bonds is 5. The highest BCUT2D eigenvalue weighted by Crippen LogP contribution is 2.31. The van der Waals surface area contributed by atoms with Crippen LogP contribution in [0, 0.1) is 6.92 Å². The summed E-state index contributed by atoms with van der Waals surface area (Å²) in [4.78, 5) is 29.3. The van der Waals surface area contributed by atoms with Crippen molar-refractivity contribution in [2.75, 3.05) is 42.7 Å². The Morgan fingerprint density at radius 1 is 1.03 bits per heavy atom. The first-order chi connectivity index (χ1) is 16.1. The van der Waals surface area contributed by atoms with Crippen LogP contribution in [0.15, 0.2) is 48.7 Å². The number of aryl methyl sites for hydroxylation is 1. The molecule has 1 aromatic heterocycles. The number of fused-ring (bicyclic) bond motifs is 1. The molecule has 0 radical (unpaired) electrons. The second-order valence-corrected chi connectivity index (χ2v) is 8.13. The number of morpholine rings is 1. The Morgan fingerprint density at radius 2 is 1.82 bits per heavy atom. The molecule has 2 aromatic carbocycles. The van der Waals surface area contributed by atoms with Crippen LogP contribution in [0.25, 0.3) is 5.69 Å². The van der Waals surface area contributed by atoms with Crippen molar-refractivity contribution >= 4 is 23.2 Å². The predicted molar refractivity (Wildman–Crippen MR) is 124 cm³/mol. The maximum Gasteiger partial charge on any atom is 0.277 e. The molecule has 3 aromatic rings. The van der Waals surface area contributed by atoms with Crippen LogP contribution in [-0.2, 0) is 16.0 Å². The van der Waals surface area contributed by atoms with Gasteiger partial charge in [0.25, 0.3) is 11.8 Å². The van der Waals surface area contributed by atoms with E-state index in [4.69, 9.17) is 9.47 Å². The van der Waals surface area contributed by atoms with Gasteiger partial charge in [0.15, 0.2) is 0 Å². The van der Waals surface area contributed by atoms with Gasteiger partial charge in [-0.2, -0.15) is 5.10 Å². The zero-order valence-electron chi connectivity index (χ0n) is 18.8. The molecule has 2 aliphatic rings. The van der Waals surface area contributed by atoms with Gasteiger partial charge in [0.1, 0.15) is 18.1 Å². The van der Waals surface area contributed by atoms with Gasteiger partial charge in [0, 0.05) is 30.0 Å². The molecule has 3 heterocycles. The third kappa shape index (κ3) is 3.87. The number of ether oxygens (including phenoxy) is 2. The van der Waals surface area contributed by atoms with E-state index in [0.29, 0.717) is 32.0 Å². The average molecular weight is 447 g/mol. The van der Waals surface area contributed by atoms with E-state index < -0.39 is 0 Å². The number of carbonyl (C=O) groups excluding carboxylic acids is 2. The summed E-state index contributed by atoms with van der Waals surface area (Å²) >= 11 is 0. The summed E-state index contributed by atoms with van der Waals surface area (Å²) in [5.41, 5.74) is 4.95. The van der Waals surface area contributed by atoms with Crippen LogP contribution in [-0.4, -0.2) is 54.5 Å². The van der Waals surface area contributed by atoms with Gasteiger partial charge in [-0.3, -0.25) is 9.59 Å². The first-order valence-electron chi connectivity index (χ1n) is 11.2. The fraction of sp³-hybridized carbons (Fsp3) is 0.320. The normalized spacial score (nSPS) is 16.2. The van der Waals surface area contributed by atoms with Crippen molar-refractivity contribution in [1.82, 2.24) is 9.78 Å². The largest absolute Gasteiger partial charge is 0.494 e. The highest BCUT2D eigenvalue weighted by Gasteiger charge is 2.31. The molecule has 1 fully saturated rings. The first kappa shape index (κ1) is 21.2. The van der Waals surface area contributed by atoms with E-state index in [1.54, 1.807) is 20.7 Å². The molecular formula is C25H26N4O4. The van der Waals surface area contributed by atoms with Gasteiger partial charge >= 0.3 is 0 Å². The van der Waals surface area contributed by atoms with E-state index in [0.717, 1.165) is 40.4 Å². The maximum absolute atomic E-state index is 13.6. The van der Waals surface area contributed by atoms with Crippen molar-refractivity contribution in [3.05, 3.63) is 65.5 Å². The molecule has 0 atom stereocenters. The van der Waals surface area contributed by atoms with Gasteiger partial charge in [0.05, 0.1) is 25.1 Å². The molecule has 2 aliphatic heterocycles. The van der Waals surface area contributed by atoms with Crippen molar-refractivity contribution in [3.8, 4) is 11.4 Å². The third-order valence-corrected chi connectivity index (χ3v) is 6.06. The molecule has 0 aliphatic carbocycles. The number of hydrogen-bond acceptors (Lipinski definition) is 5. The smallest absolute Gasteiger partial charge is 0.277 e. The van der Waals surface area contributed by atoms with E-state index in [9.17, 15) is 9.59 Å². The molecule has 1 saturated heterocycles. The molecule has 33 heavy (non-hydrogen) atoms. The van der Waals surface area contributed by atoms with E-state index >= 15 is 0 Å². The van der Waals surface area contributed by atoms with Gasteiger partial charge < -0.3 is 19.3 Å². The molecule has 0 unspecified atom stereocenters. The van der Waals surface area contributed by atoms with Crippen LogP contribution in [0.4, 0.5) is 11.4 Å². The SMILES string of the molecule is CCOc1ccc(-n2ncc3c2C(=O)N(c2ccc(N4CCOCC4=O)c(C)c2)CC3)cc1. The lowest BCUT2D eigenvalue weighted by molar-refractivity contribution is -0.125. The molecule has 8 nitrogen and oxygen atoms in total. The van der Waals surface area contributed by atoms with Crippen LogP contribution in [0.2, 0.25) is 0 Å². The van der Waals surface area contributed by atoms with Crippen molar-refractivity contribution in [2.24, 2.45) is 0 Å². The van der Waals surface area contributed by atoms with Crippen LogP contribution < -0.4 is 14.5 Å². The van der Waals surface area contributed by atoms with Crippen LogP contribution >= 0.6 is 0 Å². The Balaban J connectivity index is 1.43. The minimum absolute atomic E-state index is 0.0463. The molecule has 8 heteroatoms. The fourth-order valence-electron chi connectivity index (χ4n) is 4.43. The second-order valence-electron chi connectivity index (χ2n) is 8.13. The highest BCUT2D eigenvalue weighted by atomic mass is 16.5. The fourth-order valence-corrected chi connectivity index (χ4v) is 4.43. The Hall–Kier alpha value is -3.65. The Labute approximate surface area is 192 Å². The number of nitrogens with zero attached hydrogens (tertiary/aromatic N) is 4. The maximum atomic E-state index is 13.6.